The van der Waals surface area contributed by atoms with Gasteiger partial charge in [0.15, 0.2) is 17.4 Å². The van der Waals surface area contributed by atoms with E-state index in [4.69, 9.17) is 19.9 Å². The number of amides is 2. The molecule has 2 amide bonds. The van der Waals surface area contributed by atoms with Crippen LogP contribution in [-0.2, 0) is 9.47 Å². The molecule has 1 aromatic carbocycles. The van der Waals surface area contributed by atoms with Gasteiger partial charge in [-0.05, 0) is 53.7 Å². The summed E-state index contributed by atoms with van der Waals surface area (Å²) in [5.74, 6) is -1.12. The number of hydrogen-bond donors (Lipinski definition) is 1. The molecular formula is C20H25FN4O5. The molecule has 0 atom stereocenters. The number of benzene rings is 1. The van der Waals surface area contributed by atoms with Gasteiger partial charge < -0.3 is 19.9 Å². The molecule has 162 valence electrons. The highest BCUT2D eigenvalue weighted by Gasteiger charge is 2.34. The SMILES string of the molecule is CC(C)(C)OC(=O)N(C(=O)OC(C)(C)C)c1cc(Oc2ccc(N)cc2F)ncn1. The van der Waals surface area contributed by atoms with E-state index in [1.165, 1.54) is 18.2 Å². The number of aromatic nitrogens is 2. The van der Waals surface area contributed by atoms with Gasteiger partial charge in [-0.15, -0.1) is 0 Å². The number of anilines is 2. The molecule has 0 bridgehead atoms. The molecule has 0 fully saturated rings. The van der Waals surface area contributed by atoms with Gasteiger partial charge in [-0.25, -0.2) is 23.9 Å². The summed E-state index contributed by atoms with van der Waals surface area (Å²) in [5, 5.41) is 0. The van der Waals surface area contributed by atoms with Crippen molar-refractivity contribution in [2.45, 2.75) is 52.7 Å². The van der Waals surface area contributed by atoms with Crippen LogP contribution < -0.4 is 15.4 Å². The van der Waals surface area contributed by atoms with Gasteiger partial charge in [-0.1, -0.05) is 0 Å². The third-order valence-corrected chi connectivity index (χ3v) is 3.18. The summed E-state index contributed by atoms with van der Waals surface area (Å²) in [4.78, 5) is 33.8. The second-order valence-electron chi connectivity index (χ2n) is 8.30. The molecular weight excluding hydrogens is 395 g/mol. The van der Waals surface area contributed by atoms with E-state index >= 15 is 0 Å². The van der Waals surface area contributed by atoms with E-state index in [0.717, 1.165) is 12.4 Å². The normalized spacial score (nSPS) is 11.6. The molecule has 10 heteroatoms. The predicted molar refractivity (Wildman–Crippen MR) is 108 cm³/mol. The average Bonchev–Trinajstić information content (AvgIpc) is 2.54. The lowest BCUT2D eigenvalue weighted by Gasteiger charge is -2.28. The maximum atomic E-state index is 14.0. The molecule has 0 spiro atoms. The van der Waals surface area contributed by atoms with Crippen LogP contribution in [0, 0.1) is 5.82 Å². The van der Waals surface area contributed by atoms with Crippen LogP contribution in [0.1, 0.15) is 41.5 Å². The Labute approximate surface area is 174 Å². The molecule has 0 saturated heterocycles. The number of ether oxygens (including phenoxy) is 3. The summed E-state index contributed by atoms with van der Waals surface area (Å²) < 4.78 is 30.0. The number of carbonyl (C=O) groups is 2. The topological polar surface area (TPSA) is 117 Å². The zero-order chi connectivity index (χ0) is 22.7. The average molecular weight is 420 g/mol. The minimum Gasteiger partial charge on any atom is -0.443 e. The van der Waals surface area contributed by atoms with Gasteiger partial charge in [0.05, 0.1) is 0 Å². The lowest BCUT2D eigenvalue weighted by molar-refractivity contribution is 0.0429. The minimum absolute atomic E-state index is 0.110. The quantitative estimate of drug-likeness (QED) is 0.712. The molecule has 9 nitrogen and oxygen atoms in total. The monoisotopic (exact) mass is 420 g/mol. The highest BCUT2D eigenvalue weighted by Crippen LogP contribution is 2.27. The first-order valence-corrected chi connectivity index (χ1v) is 9.06. The Kier molecular flexibility index (Phi) is 6.49. The van der Waals surface area contributed by atoms with Crippen molar-refractivity contribution in [3.63, 3.8) is 0 Å². The van der Waals surface area contributed by atoms with Gasteiger partial charge in [-0.2, -0.15) is 4.90 Å². The van der Waals surface area contributed by atoms with Gasteiger partial charge in [-0.3, -0.25) is 0 Å². The standard InChI is InChI=1S/C20H25FN4O5/c1-19(2,3)29-17(26)25(18(27)30-20(4,5)6)15-10-16(24-11-23-15)28-14-8-7-12(22)9-13(14)21/h7-11H,22H2,1-6H3. The second-order valence-corrected chi connectivity index (χ2v) is 8.30. The van der Waals surface area contributed by atoms with Crippen molar-refractivity contribution in [3.8, 4) is 11.6 Å². The molecule has 0 radical (unpaired) electrons. The van der Waals surface area contributed by atoms with Crippen LogP contribution in [-0.4, -0.2) is 33.4 Å². The van der Waals surface area contributed by atoms with Crippen molar-refractivity contribution in [1.29, 1.82) is 0 Å². The molecule has 30 heavy (non-hydrogen) atoms. The fraction of sp³-hybridized carbons (Fsp3) is 0.400. The van der Waals surface area contributed by atoms with Crippen LogP contribution in [0.15, 0.2) is 30.6 Å². The van der Waals surface area contributed by atoms with Gasteiger partial charge in [0.2, 0.25) is 5.88 Å². The molecule has 1 heterocycles. The fourth-order valence-corrected chi connectivity index (χ4v) is 2.10. The Morgan fingerprint density at radius 2 is 1.53 bits per heavy atom. The van der Waals surface area contributed by atoms with Crippen LogP contribution >= 0.6 is 0 Å². The van der Waals surface area contributed by atoms with Crippen LogP contribution in [0.2, 0.25) is 0 Å². The van der Waals surface area contributed by atoms with Crippen molar-refractivity contribution in [2.24, 2.45) is 0 Å². The zero-order valence-electron chi connectivity index (χ0n) is 17.7. The summed E-state index contributed by atoms with van der Waals surface area (Å²) in [6, 6.07) is 5.05. The molecule has 0 aliphatic heterocycles. The van der Waals surface area contributed by atoms with E-state index in [2.05, 4.69) is 9.97 Å². The Hall–Kier alpha value is -3.43. The first-order chi connectivity index (χ1) is 13.7. The number of halogens is 1. The Balaban J connectivity index is 2.39. The lowest BCUT2D eigenvalue weighted by atomic mass is 10.2. The summed E-state index contributed by atoms with van der Waals surface area (Å²) >= 11 is 0. The third kappa shape index (κ3) is 6.57. The summed E-state index contributed by atoms with van der Waals surface area (Å²) in [5.41, 5.74) is 3.99. The summed E-state index contributed by atoms with van der Waals surface area (Å²) in [6.07, 6.45) is -0.943. The van der Waals surface area contributed by atoms with Crippen LogP contribution in [0.25, 0.3) is 0 Å². The van der Waals surface area contributed by atoms with E-state index in [9.17, 15) is 14.0 Å². The molecule has 2 aromatic rings. The molecule has 2 rings (SSSR count). The number of nitrogens with two attached hydrogens (primary N) is 1. The van der Waals surface area contributed by atoms with E-state index in [0.29, 0.717) is 4.90 Å². The molecule has 0 saturated carbocycles. The van der Waals surface area contributed by atoms with Gasteiger partial charge in [0, 0.05) is 17.8 Å². The Morgan fingerprint density at radius 1 is 0.967 bits per heavy atom. The van der Waals surface area contributed by atoms with Crippen LogP contribution in [0.3, 0.4) is 0 Å². The third-order valence-electron chi connectivity index (χ3n) is 3.18. The molecule has 0 unspecified atom stereocenters. The number of nitrogens with zero attached hydrogens (tertiary/aromatic N) is 3. The number of carbonyl (C=O) groups excluding carboxylic acids is 2. The van der Waals surface area contributed by atoms with Gasteiger partial charge in [0.1, 0.15) is 17.5 Å². The van der Waals surface area contributed by atoms with Gasteiger partial charge >= 0.3 is 12.2 Å². The van der Waals surface area contributed by atoms with Crippen molar-refractivity contribution in [2.75, 3.05) is 10.6 Å². The molecule has 0 aliphatic carbocycles. The van der Waals surface area contributed by atoms with Crippen LogP contribution in [0.5, 0.6) is 11.6 Å². The molecule has 1 aromatic heterocycles. The minimum atomic E-state index is -1.000. The predicted octanol–water partition coefficient (Wildman–Crippen LogP) is 4.67. The maximum absolute atomic E-state index is 14.0. The number of rotatable bonds is 3. The Bertz CT molecular complexity index is 910. The van der Waals surface area contributed by atoms with E-state index in [1.807, 2.05) is 0 Å². The number of hydrogen-bond acceptors (Lipinski definition) is 8. The summed E-state index contributed by atoms with van der Waals surface area (Å²) in [6.45, 7) is 9.90. The second kappa shape index (κ2) is 8.52. The first-order valence-electron chi connectivity index (χ1n) is 9.06. The Morgan fingerprint density at radius 3 is 2.03 bits per heavy atom. The van der Waals surface area contributed by atoms with Crippen molar-refractivity contribution >= 4 is 23.7 Å². The number of nitrogen functional groups attached to an aromatic ring is 1. The van der Waals surface area contributed by atoms with Crippen molar-refractivity contribution in [1.82, 2.24) is 9.97 Å². The highest BCUT2D eigenvalue weighted by molar-refractivity contribution is 6.08. The maximum Gasteiger partial charge on any atom is 0.425 e. The van der Waals surface area contributed by atoms with E-state index in [1.54, 1.807) is 41.5 Å². The van der Waals surface area contributed by atoms with E-state index in [-0.39, 0.29) is 23.1 Å². The summed E-state index contributed by atoms with van der Waals surface area (Å²) in [7, 11) is 0. The van der Waals surface area contributed by atoms with Crippen molar-refractivity contribution < 1.29 is 28.2 Å². The molecule has 0 aliphatic rings. The van der Waals surface area contributed by atoms with Crippen molar-refractivity contribution in [3.05, 3.63) is 36.4 Å². The fourth-order valence-electron chi connectivity index (χ4n) is 2.10. The molecule has 2 N–H and O–H groups in total. The smallest absolute Gasteiger partial charge is 0.425 e. The first kappa shape index (κ1) is 22.9. The number of imide groups is 1. The zero-order valence-corrected chi connectivity index (χ0v) is 17.7. The van der Waals surface area contributed by atoms with Gasteiger partial charge in [0.25, 0.3) is 0 Å². The highest BCUT2D eigenvalue weighted by atomic mass is 19.1. The largest absolute Gasteiger partial charge is 0.443 e. The lowest BCUT2D eigenvalue weighted by Crippen LogP contribution is -2.44. The van der Waals surface area contributed by atoms with E-state index < -0.39 is 29.2 Å². The van der Waals surface area contributed by atoms with Crippen LogP contribution in [0.4, 0.5) is 25.5 Å².